The normalized spacial score (nSPS) is 30.8. The van der Waals surface area contributed by atoms with Crippen molar-refractivity contribution >= 4 is 0 Å². The van der Waals surface area contributed by atoms with E-state index in [1.165, 1.54) is 11.1 Å². The first kappa shape index (κ1) is 14.6. The summed E-state index contributed by atoms with van der Waals surface area (Å²) in [7, 11) is 1.77. The Morgan fingerprint density at radius 3 is 2.82 bits per heavy atom. The molecule has 0 N–H and O–H groups in total. The molecule has 120 valence electrons. The summed E-state index contributed by atoms with van der Waals surface area (Å²) in [4.78, 5) is 2.57. The van der Waals surface area contributed by atoms with Crippen molar-refractivity contribution in [2.75, 3.05) is 33.4 Å². The molecule has 2 aliphatic heterocycles. The zero-order valence-electron chi connectivity index (χ0n) is 13.2. The third-order valence-corrected chi connectivity index (χ3v) is 5.97. The van der Waals surface area contributed by atoms with Crippen molar-refractivity contribution in [3.63, 3.8) is 0 Å². The molecule has 3 nitrogen and oxygen atoms in total. The molecule has 3 aliphatic rings. The van der Waals surface area contributed by atoms with E-state index < -0.39 is 0 Å². The van der Waals surface area contributed by atoms with Crippen LogP contribution >= 0.6 is 0 Å². The van der Waals surface area contributed by atoms with Gasteiger partial charge in [0.2, 0.25) is 0 Å². The molecule has 0 radical (unpaired) electrons. The summed E-state index contributed by atoms with van der Waals surface area (Å²) < 4.78 is 25.0. The van der Waals surface area contributed by atoms with E-state index >= 15 is 0 Å². The van der Waals surface area contributed by atoms with Crippen LogP contribution in [-0.4, -0.2) is 44.4 Å². The van der Waals surface area contributed by atoms with Gasteiger partial charge in [0, 0.05) is 25.2 Å². The molecule has 0 aromatic heterocycles. The minimum absolute atomic E-state index is 0.105. The largest absolute Gasteiger partial charge is 0.380 e. The van der Waals surface area contributed by atoms with Crippen LogP contribution in [0.2, 0.25) is 0 Å². The van der Waals surface area contributed by atoms with Crippen molar-refractivity contribution in [2.45, 2.75) is 43.2 Å². The number of hydrogen-bond donors (Lipinski definition) is 0. The number of nitrogens with zero attached hydrogens (tertiary/aromatic N) is 1. The minimum Gasteiger partial charge on any atom is -0.380 e. The zero-order valence-corrected chi connectivity index (χ0v) is 13.2. The van der Waals surface area contributed by atoms with E-state index in [2.05, 4.69) is 4.90 Å². The fourth-order valence-electron chi connectivity index (χ4n) is 4.65. The van der Waals surface area contributed by atoms with Gasteiger partial charge in [-0.2, -0.15) is 0 Å². The fourth-order valence-corrected chi connectivity index (χ4v) is 4.65. The van der Waals surface area contributed by atoms with Crippen LogP contribution < -0.4 is 0 Å². The first-order valence-electron chi connectivity index (χ1n) is 8.36. The van der Waals surface area contributed by atoms with Gasteiger partial charge in [-0.3, -0.25) is 4.90 Å². The molecule has 2 saturated heterocycles. The number of ether oxygens (including phenoxy) is 2. The molecule has 1 aliphatic carbocycles. The Morgan fingerprint density at radius 2 is 2.14 bits per heavy atom. The van der Waals surface area contributed by atoms with E-state index in [-0.39, 0.29) is 17.3 Å². The minimum atomic E-state index is -0.124. The second-order valence-electron chi connectivity index (χ2n) is 6.99. The highest BCUT2D eigenvalue weighted by Crippen LogP contribution is 2.52. The quantitative estimate of drug-likeness (QED) is 0.838. The number of benzene rings is 1. The molecule has 22 heavy (non-hydrogen) atoms. The van der Waals surface area contributed by atoms with Crippen molar-refractivity contribution < 1.29 is 13.9 Å². The number of methoxy groups -OCH3 is 1. The topological polar surface area (TPSA) is 21.7 Å². The van der Waals surface area contributed by atoms with Crippen LogP contribution in [0.1, 0.15) is 42.9 Å². The van der Waals surface area contributed by atoms with Crippen LogP contribution in [0, 0.1) is 5.82 Å². The van der Waals surface area contributed by atoms with Gasteiger partial charge in [-0.25, -0.2) is 4.39 Å². The Bertz CT molecular complexity index is 548. The number of rotatable bonds is 2. The van der Waals surface area contributed by atoms with Gasteiger partial charge in [-0.05, 0) is 62.0 Å². The summed E-state index contributed by atoms with van der Waals surface area (Å²) in [5.74, 6) is -0.124. The second kappa shape index (κ2) is 5.59. The standard InChI is InChI=1S/C18H24FNO2/c1-21-17-11-18(16-10-13(19)2-3-15(16)17)5-7-20(8-6-18)14-4-9-22-12-14/h2-3,10,14,17H,4-9,11-12H2,1H3/t14-,17+/m0/s1. The summed E-state index contributed by atoms with van der Waals surface area (Å²) >= 11 is 0. The Labute approximate surface area is 131 Å². The molecule has 1 aromatic rings. The van der Waals surface area contributed by atoms with Crippen LogP contribution in [0.4, 0.5) is 4.39 Å². The van der Waals surface area contributed by atoms with Gasteiger partial charge in [0.15, 0.2) is 0 Å². The van der Waals surface area contributed by atoms with Crippen molar-refractivity contribution in [1.82, 2.24) is 4.90 Å². The van der Waals surface area contributed by atoms with Gasteiger partial charge >= 0.3 is 0 Å². The second-order valence-corrected chi connectivity index (χ2v) is 6.99. The van der Waals surface area contributed by atoms with Crippen LogP contribution in [-0.2, 0) is 14.9 Å². The van der Waals surface area contributed by atoms with Crippen LogP contribution in [0.15, 0.2) is 18.2 Å². The number of piperidine rings is 1. The average Bonchev–Trinajstić information content (AvgIpc) is 3.16. The van der Waals surface area contributed by atoms with Gasteiger partial charge in [-0.1, -0.05) is 6.07 Å². The monoisotopic (exact) mass is 305 g/mol. The lowest BCUT2D eigenvalue weighted by molar-refractivity contribution is 0.0575. The average molecular weight is 305 g/mol. The molecule has 1 aromatic carbocycles. The SMILES string of the molecule is CO[C@@H]1CC2(CCN([C@H]3CCOC3)CC2)c2cc(F)ccc21. The van der Waals surface area contributed by atoms with E-state index in [9.17, 15) is 4.39 Å². The van der Waals surface area contributed by atoms with Gasteiger partial charge in [-0.15, -0.1) is 0 Å². The van der Waals surface area contributed by atoms with Crippen molar-refractivity contribution in [1.29, 1.82) is 0 Å². The smallest absolute Gasteiger partial charge is 0.123 e. The number of hydrogen-bond acceptors (Lipinski definition) is 3. The molecule has 0 amide bonds. The lowest BCUT2D eigenvalue weighted by Crippen LogP contribution is -2.46. The molecule has 2 heterocycles. The first-order valence-corrected chi connectivity index (χ1v) is 8.36. The van der Waals surface area contributed by atoms with E-state index in [1.807, 2.05) is 6.07 Å². The van der Waals surface area contributed by atoms with Crippen molar-refractivity contribution in [2.24, 2.45) is 0 Å². The Kier molecular flexibility index (Phi) is 3.71. The summed E-state index contributed by atoms with van der Waals surface area (Å²) in [5.41, 5.74) is 2.50. The first-order chi connectivity index (χ1) is 10.7. The van der Waals surface area contributed by atoms with Gasteiger partial charge in [0.1, 0.15) is 5.82 Å². The van der Waals surface area contributed by atoms with E-state index in [4.69, 9.17) is 9.47 Å². The maximum atomic E-state index is 13.8. The van der Waals surface area contributed by atoms with Crippen LogP contribution in [0.3, 0.4) is 0 Å². The molecule has 2 fully saturated rings. The summed E-state index contributed by atoms with van der Waals surface area (Å²) in [6, 6.07) is 5.83. The van der Waals surface area contributed by atoms with Crippen molar-refractivity contribution in [3.8, 4) is 0 Å². The molecule has 0 bridgehead atoms. The Hall–Kier alpha value is -0.970. The predicted octanol–water partition coefficient (Wildman–Crippen LogP) is 3.04. The summed E-state index contributed by atoms with van der Waals surface area (Å²) in [6.45, 7) is 3.94. The third-order valence-electron chi connectivity index (χ3n) is 5.97. The molecule has 4 heteroatoms. The van der Waals surface area contributed by atoms with Gasteiger partial charge < -0.3 is 9.47 Å². The maximum Gasteiger partial charge on any atom is 0.123 e. The number of likely N-dealkylation sites (tertiary alicyclic amines) is 1. The maximum absolute atomic E-state index is 13.8. The molecule has 0 saturated carbocycles. The van der Waals surface area contributed by atoms with Gasteiger partial charge in [0.05, 0.1) is 12.7 Å². The summed E-state index contributed by atoms with van der Waals surface area (Å²) in [5, 5.41) is 0. The van der Waals surface area contributed by atoms with Gasteiger partial charge in [0.25, 0.3) is 0 Å². The highest BCUT2D eigenvalue weighted by Gasteiger charge is 2.46. The van der Waals surface area contributed by atoms with E-state index in [1.54, 1.807) is 19.2 Å². The Morgan fingerprint density at radius 1 is 1.32 bits per heavy atom. The van der Waals surface area contributed by atoms with E-state index in [0.29, 0.717) is 6.04 Å². The summed E-state index contributed by atoms with van der Waals surface area (Å²) in [6.07, 6.45) is 4.47. The molecule has 4 rings (SSSR count). The lowest BCUT2D eigenvalue weighted by atomic mass is 9.73. The molecule has 0 unspecified atom stereocenters. The lowest BCUT2D eigenvalue weighted by Gasteiger charge is -2.42. The fraction of sp³-hybridized carbons (Fsp3) is 0.667. The molecular weight excluding hydrogens is 281 g/mol. The highest BCUT2D eigenvalue weighted by molar-refractivity contribution is 5.42. The highest BCUT2D eigenvalue weighted by atomic mass is 19.1. The molecule has 2 atom stereocenters. The third kappa shape index (κ3) is 2.29. The zero-order chi connectivity index (χ0) is 15.2. The Balaban J connectivity index is 1.57. The number of halogens is 1. The predicted molar refractivity (Wildman–Crippen MR) is 82.5 cm³/mol. The molecule has 1 spiro atoms. The van der Waals surface area contributed by atoms with Crippen molar-refractivity contribution in [3.05, 3.63) is 35.1 Å². The molecular formula is C18H24FNO2. The van der Waals surface area contributed by atoms with E-state index in [0.717, 1.165) is 52.0 Å². The van der Waals surface area contributed by atoms with Crippen LogP contribution in [0.25, 0.3) is 0 Å². The van der Waals surface area contributed by atoms with Crippen LogP contribution in [0.5, 0.6) is 0 Å². The number of fused-ring (bicyclic) bond motifs is 2.